The number of aryl methyl sites for hydroxylation is 1. The first-order valence-electron chi connectivity index (χ1n) is 7.53. The Morgan fingerprint density at radius 3 is 2.36 bits per heavy atom. The molecule has 0 aromatic heterocycles. The number of hydrogen-bond donors (Lipinski definition) is 2. The van der Waals surface area contributed by atoms with Gasteiger partial charge in [-0.2, -0.15) is 0 Å². The SMILES string of the molecule is CC(=O)Oc1c(C)cc(OC(N)C(O)CC(C)C)c(C)c1C. The van der Waals surface area contributed by atoms with Gasteiger partial charge in [-0.15, -0.1) is 0 Å². The molecule has 1 aromatic rings. The molecule has 2 unspecified atom stereocenters. The molecule has 0 aliphatic rings. The molecule has 0 saturated carbocycles. The molecule has 5 heteroatoms. The molecule has 1 rings (SSSR count). The highest BCUT2D eigenvalue weighted by Crippen LogP contribution is 2.33. The first-order valence-corrected chi connectivity index (χ1v) is 7.53. The van der Waals surface area contributed by atoms with Crippen LogP contribution in [0.4, 0.5) is 0 Å². The minimum Gasteiger partial charge on any atom is -0.473 e. The van der Waals surface area contributed by atoms with Crippen molar-refractivity contribution in [3.8, 4) is 11.5 Å². The summed E-state index contributed by atoms with van der Waals surface area (Å²) in [4.78, 5) is 11.2. The van der Waals surface area contributed by atoms with Gasteiger partial charge in [0.25, 0.3) is 0 Å². The normalized spacial score (nSPS) is 13.9. The van der Waals surface area contributed by atoms with Crippen LogP contribution in [-0.4, -0.2) is 23.4 Å². The van der Waals surface area contributed by atoms with Crippen molar-refractivity contribution in [3.63, 3.8) is 0 Å². The molecule has 0 heterocycles. The summed E-state index contributed by atoms with van der Waals surface area (Å²) in [6, 6.07) is 1.78. The predicted octanol–water partition coefficient (Wildman–Crippen LogP) is 2.61. The molecule has 2 atom stereocenters. The molecule has 124 valence electrons. The number of benzene rings is 1. The Labute approximate surface area is 132 Å². The van der Waals surface area contributed by atoms with Crippen LogP contribution in [-0.2, 0) is 4.79 Å². The number of carbonyl (C=O) groups is 1. The van der Waals surface area contributed by atoms with Crippen LogP contribution in [0.5, 0.6) is 11.5 Å². The maximum absolute atomic E-state index is 11.2. The summed E-state index contributed by atoms with van der Waals surface area (Å²) in [5.74, 6) is 1.12. The Kier molecular flexibility index (Phi) is 6.38. The molecule has 1 aromatic carbocycles. The minimum atomic E-state index is -0.792. The van der Waals surface area contributed by atoms with Crippen molar-refractivity contribution in [2.24, 2.45) is 11.7 Å². The Morgan fingerprint density at radius 1 is 1.27 bits per heavy atom. The fourth-order valence-corrected chi connectivity index (χ4v) is 2.29. The summed E-state index contributed by atoms with van der Waals surface area (Å²) < 4.78 is 11.0. The van der Waals surface area contributed by atoms with Crippen LogP contribution in [0.15, 0.2) is 6.07 Å². The molecule has 0 radical (unpaired) electrons. The quantitative estimate of drug-likeness (QED) is 0.479. The second-order valence-electron chi connectivity index (χ2n) is 6.14. The molecule has 0 amide bonds. The van der Waals surface area contributed by atoms with Crippen molar-refractivity contribution in [1.82, 2.24) is 0 Å². The van der Waals surface area contributed by atoms with E-state index in [0.29, 0.717) is 23.8 Å². The maximum Gasteiger partial charge on any atom is 0.308 e. The van der Waals surface area contributed by atoms with E-state index in [1.54, 1.807) is 6.07 Å². The summed E-state index contributed by atoms with van der Waals surface area (Å²) in [5, 5.41) is 10.0. The van der Waals surface area contributed by atoms with Gasteiger partial charge in [-0.1, -0.05) is 13.8 Å². The Balaban J connectivity index is 3.00. The first kappa shape index (κ1) is 18.5. The van der Waals surface area contributed by atoms with E-state index in [9.17, 15) is 9.90 Å². The van der Waals surface area contributed by atoms with Crippen molar-refractivity contribution in [2.75, 3.05) is 0 Å². The molecule has 5 nitrogen and oxygen atoms in total. The standard InChI is InChI=1S/C17H27NO4/c1-9(2)7-14(20)17(18)22-15-8-10(3)16(21-13(6)19)12(5)11(15)4/h8-9,14,17,20H,7,18H2,1-6H3. The molecule has 3 N–H and O–H groups in total. The van der Waals surface area contributed by atoms with Gasteiger partial charge < -0.3 is 14.6 Å². The number of nitrogens with two attached hydrogens (primary N) is 1. The van der Waals surface area contributed by atoms with Crippen LogP contribution in [0.25, 0.3) is 0 Å². The Bertz CT molecular complexity index is 540. The molecule has 0 bridgehead atoms. The predicted molar refractivity (Wildman–Crippen MR) is 86.0 cm³/mol. The number of aliphatic hydroxyl groups excluding tert-OH is 1. The van der Waals surface area contributed by atoms with E-state index in [0.717, 1.165) is 16.7 Å². The van der Waals surface area contributed by atoms with Crippen molar-refractivity contribution in [1.29, 1.82) is 0 Å². The average Bonchev–Trinajstić information content (AvgIpc) is 2.39. The number of esters is 1. The lowest BCUT2D eigenvalue weighted by Gasteiger charge is -2.24. The van der Waals surface area contributed by atoms with E-state index in [1.165, 1.54) is 6.92 Å². The lowest BCUT2D eigenvalue weighted by Crippen LogP contribution is -2.40. The van der Waals surface area contributed by atoms with Gasteiger partial charge in [0.15, 0.2) is 6.23 Å². The van der Waals surface area contributed by atoms with Crippen molar-refractivity contribution in [3.05, 3.63) is 22.8 Å². The number of hydrogen-bond acceptors (Lipinski definition) is 5. The van der Waals surface area contributed by atoms with Gasteiger partial charge in [-0.05, 0) is 55.9 Å². The summed E-state index contributed by atoms with van der Waals surface area (Å²) in [6.07, 6.45) is -0.948. The number of carbonyl (C=O) groups excluding carboxylic acids is 1. The van der Waals surface area contributed by atoms with Crippen LogP contribution < -0.4 is 15.2 Å². The summed E-state index contributed by atoms with van der Waals surface area (Å²) in [7, 11) is 0. The third-order valence-electron chi connectivity index (χ3n) is 3.58. The second kappa shape index (κ2) is 7.61. The van der Waals surface area contributed by atoms with Crippen molar-refractivity contribution < 1.29 is 19.4 Å². The third-order valence-corrected chi connectivity index (χ3v) is 3.58. The highest BCUT2D eigenvalue weighted by molar-refractivity contribution is 5.71. The van der Waals surface area contributed by atoms with E-state index < -0.39 is 12.3 Å². The van der Waals surface area contributed by atoms with Crippen LogP contribution >= 0.6 is 0 Å². The lowest BCUT2D eigenvalue weighted by molar-refractivity contribution is -0.131. The smallest absolute Gasteiger partial charge is 0.308 e. The monoisotopic (exact) mass is 309 g/mol. The zero-order valence-electron chi connectivity index (χ0n) is 14.3. The van der Waals surface area contributed by atoms with Gasteiger partial charge in [0.05, 0.1) is 0 Å². The van der Waals surface area contributed by atoms with E-state index in [2.05, 4.69) is 0 Å². The van der Waals surface area contributed by atoms with Crippen LogP contribution in [0, 0.1) is 26.7 Å². The Hall–Kier alpha value is -1.59. The highest BCUT2D eigenvalue weighted by atomic mass is 16.5. The molecule has 22 heavy (non-hydrogen) atoms. The molecule has 0 spiro atoms. The largest absolute Gasteiger partial charge is 0.473 e. The van der Waals surface area contributed by atoms with Gasteiger partial charge in [0, 0.05) is 6.92 Å². The van der Waals surface area contributed by atoms with Gasteiger partial charge >= 0.3 is 5.97 Å². The van der Waals surface area contributed by atoms with Crippen LogP contribution in [0.1, 0.15) is 43.9 Å². The Morgan fingerprint density at radius 2 is 1.86 bits per heavy atom. The van der Waals surface area contributed by atoms with E-state index in [4.69, 9.17) is 15.2 Å². The molecule has 0 fully saturated rings. The van der Waals surface area contributed by atoms with Crippen molar-refractivity contribution >= 4 is 5.97 Å². The highest BCUT2D eigenvalue weighted by Gasteiger charge is 2.21. The van der Waals surface area contributed by atoms with Crippen LogP contribution in [0.2, 0.25) is 0 Å². The molecule has 0 aliphatic heterocycles. The topological polar surface area (TPSA) is 81.8 Å². The lowest BCUT2D eigenvalue weighted by atomic mass is 10.0. The van der Waals surface area contributed by atoms with E-state index in [1.807, 2.05) is 34.6 Å². The van der Waals surface area contributed by atoms with Gasteiger partial charge in [0.2, 0.25) is 0 Å². The zero-order valence-corrected chi connectivity index (χ0v) is 14.3. The summed E-state index contributed by atoms with van der Waals surface area (Å²) in [5.41, 5.74) is 8.39. The maximum atomic E-state index is 11.2. The van der Waals surface area contributed by atoms with Gasteiger partial charge in [0.1, 0.15) is 17.6 Å². The molecular weight excluding hydrogens is 282 g/mol. The van der Waals surface area contributed by atoms with Gasteiger partial charge in [-0.3, -0.25) is 10.5 Å². The van der Waals surface area contributed by atoms with Crippen LogP contribution in [0.3, 0.4) is 0 Å². The van der Waals surface area contributed by atoms with E-state index >= 15 is 0 Å². The van der Waals surface area contributed by atoms with Gasteiger partial charge in [-0.25, -0.2) is 0 Å². The summed E-state index contributed by atoms with van der Waals surface area (Å²) >= 11 is 0. The van der Waals surface area contributed by atoms with E-state index in [-0.39, 0.29) is 5.97 Å². The minimum absolute atomic E-state index is 0.334. The fourth-order valence-electron chi connectivity index (χ4n) is 2.29. The molecule has 0 aliphatic carbocycles. The molecule has 0 saturated heterocycles. The second-order valence-corrected chi connectivity index (χ2v) is 6.14. The first-order chi connectivity index (χ1) is 10.1. The summed E-state index contributed by atoms with van der Waals surface area (Å²) in [6.45, 7) is 11.0. The number of rotatable bonds is 6. The fraction of sp³-hybridized carbons (Fsp3) is 0.588. The number of ether oxygens (including phenoxy) is 2. The number of aliphatic hydroxyl groups is 1. The molecular formula is C17H27NO4. The zero-order chi connectivity index (χ0) is 17.0. The van der Waals surface area contributed by atoms with Crippen molar-refractivity contribution in [2.45, 2.75) is 60.3 Å². The third kappa shape index (κ3) is 4.71. The average molecular weight is 309 g/mol.